The normalized spacial score (nSPS) is 11.1. The van der Waals surface area contributed by atoms with Gasteiger partial charge < -0.3 is 10.3 Å². The van der Waals surface area contributed by atoms with E-state index in [4.69, 9.17) is 10.3 Å². The minimum Gasteiger partial charge on any atom is -0.398 e. The highest BCUT2D eigenvalue weighted by Gasteiger charge is 2.12. The maximum Gasteiger partial charge on any atom is 0.260 e. The Hall–Kier alpha value is -1.36. The molecule has 0 atom stereocenters. The van der Waals surface area contributed by atoms with E-state index in [9.17, 15) is 0 Å². The molecule has 0 amide bonds. The van der Waals surface area contributed by atoms with Crippen LogP contribution in [0, 0.1) is 5.92 Å². The summed E-state index contributed by atoms with van der Waals surface area (Å²) in [6.07, 6.45) is 1.88. The quantitative estimate of drug-likeness (QED) is 0.875. The number of nitrogen functional groups attached to an aromatic ring is 1. The van der Waals surface area contributed by atoms with Crippen LogP contribution in [0.15, 0.2) is 27.2 Å². The van der Waals surface area contributed by atoms with Crippen LogP contribution in [0.4, 0.5) is 5.69 Å². The third-order valence-electron chi connectivity index (χ3n) is 2.66. The van der Waals surface area contributed by atoms with Gasteiger partial charge in [-0.1, -0.05) is 34.9 Å². The lowest BCUT2D eigenvalue weighted by Gasteiger charge is -2.00. The zero-order valence-electron chi connectivity index (χ0n) is 10.5. The fourth-order valence-electron chi connectivity index (χ4n) is 1.61. The molecule has 0 bridgehead atoms. The van der Waals surface area contributed by atoms with E-state index in [1.54, 1.807) is 0 Å². The molecule has 2 N–H and O–H groups in total. The van der Waals surface area contributed by atoms with Gasteiger partial charge in [-0.15, -0.1) is 0 Å². The fraction of sp³-hybridized carbons (Fsp3) is 0.385. The molecule has 0 saturated carbocycles. The molecule has 96 valence electrons. The van der Waals surface area contributed by atoms with Crippen molar-refractivity contribution in [2.75, 3.05) is 5.73 Å². The second-order valence-electron chi connectivity index (χ2n) is 4.68. The summed E-state index contributed by atoms with van der Waals surface area (Å²) < 4.78 is 6.18. The van der Waals surface area contributed by atoms with Gasteiger partial charge in [-0.3, -0.25) is 0 Å². The summed E-state index contributed by atoms with van der Waals surface area (Å²) in [5.74, 6) is 1.85. The molecule has 2 aromatic rings. The van der Waals surface area contributed by atoms with E-state index in [0.717, 1.165) is 28.7 Å². The number of aromatic nitrogens is 2. The topological polar surface area (TPSA) is 64.9 Å². The van der Waals surface area contributed by atoms with Crippen LogP contribution in [0.25, 0.3) is 11.5 Å². The minimum atomic E-state index is 0.485. The molecule has 0 radical (unpaired) electrons. The van der Waals surface area contributed by atoms with Gasteiger partial charge in [-0.2, -0.15) is 4.98 Å². The monoisotopic (exact) mass is 309 g/mol. The van der Waals surface area contributed by atoms with E-state index in [1.807, 2.05) is 18.2 Å². The van der Waals surface area contributed by atoms with Crippen LogP contribution in [0.3, 0.4) is 0 Å². The second-order valence-corrected chi connectivity index (χ2v) is 5.60. The Labute approximate surface area is 115 Å². The minimum absolute atomic E-state index is 0.485. The summed E-state index contributed by atoms with van der Waals surface area (Å²) in [5, 5.41) is 3.97. The number of aryl methyl sites for hydroxylation is 1. The summed E-state index contributed by atoms with van der Waals surface area (Å²) in [6.45, 7) is 4.35. The first-order valence-electron chi connectivity index (χ1n) is 5.94. The first-order chi connectivity index (χ1) is 8.56. The van der Waals surface area contributed by atoms with Crippen molar-refractivity contribution in [3.8, 4) is 11.5 Å². The smallest absolute Gasteiger partial charge is 0.260 e. The lowest BCUT2D eigenvalue weighted by atomic mass is 10.1. The Balaban J connectivity index is 2.18. The molecule has 0 aliphatic carbocycles. The average molecular weight is 310 g/mol. The standard InChI is InChI=1S/C13H16BrN3O/c1-8(2)3-6-12-16-13(18-17-12)10-5-4-9(14)7-11(10)15/h4-5,7-8H,3,6,15H2,1-2H3. The molecule has 0 unspecified atom stereocenters. The highest BCUT2D eigenvalue weighted by molar-refractivity contribution is 9.10. The molecular formula is C13H16BrN3O. The van der Waals surface area contributed by atoms with Crippen LogP contribution in [0.2, 0.25) is 0 Å². The maximum absolute atomic E-state index is 5.93. The fourth-order valence-corrected chi connectivity index (χ4v) is 1.99. The Bertz CT molecular complexity index is 537. The predicted molar refractivity (Wildman–Crippen MR) is 75.0 cm³/mol. The van der Waals surface area contributed by atoms with Crippen LogP contribution in [-0.4, -0.2) is 10.1 Å². The first-order valence-corrected chi connectivity index (χ1v) is 6.73. The Kier molecular flexibility index (Phi) is 4.01. The molecule has 18 heavy (non-hydrogen) atoms. The van der Waals surface area contributed by atoms with Crippen molar-refractivity contribution in [3.63, 3.8) is 0 Å². The van der Waals surface area contributed by atoms with Crippen molar-refractivity contribution < 1.29 is 4.52 Å². The van der Waals surface area contributed by atoms with E-state index in [0.29, 0.717) is 17.5 Å². The summed E-state index contributed by atoms with van der Waals surface area (Å²) in [6, 6.07) is 5.61. The number of anilines is 1. The third-order valence-corrected chi connectivity index (χ3v) is 3.15. The molecular weight excluding hydrogens is 294 g/mol. The average Bonchev–Trinajstić information content (AvgIpc) is 2.75. The number of halogens is 1. The largest absolute Gasteiger partial charge is 0.398 e. The summed E-state index contributed by atoms with van der Waals surface area (Å²) in [5.41, 5.74) is 7.33. The highest BCUT2D eigenvalue weighted by Crippen LogP contribution is 2.27. The number of hydrogen-bond acceptors (Lipinski definition) is 4. The van der Waals surface area contributed by atoms with Gasteiger partial charge in [0.25, 0.3) is 5.89 Å². The van der Waals surface area contributed by atoms with Crippen molar-refractivity contribution in [2.24, 2.45) is 5.92 Å². The predicted octanol–water partition coefficient (Wildman–Crippen LogP) is 3.67. The molecule has 0 fully saturated rings. The van der Waals surface area contributed by atoms with Gasteiger partial charge in [0.1, 0.15) is 0 Å². The first kappa shape index (κ1) is 13.1. The van der Waals surface area contributed by atoms with Crippen LogP contribution >= 0.6 is 15.9 Å². The van der Waals surface area contributed by atoms with Crippen molar-refractivity contribution in [3.05, 3.63) is 28.5 Å². The zero-order valence-corrected chi connectivity index (χ0v) is 12.1. The van der Waals surface area contributed by atoms with E-state index >= 15 is 0 Å². The SMILES string of the molecule is CC(C)CCc1noc(-c2ccc(Br)cc2N)n1. The van der Waals surface area contributed by atoms with Crippen molar-refractivity contribution in [1.29, 1.82) is 0 Å². The number of rotatable bonds is 4. The van der Waals surface area contributed by atoms with Gasteiger partial charge in [0.15, 0.2) is 5.82 Å². The molecule has 4 nitrogen and oxygen atoms in total. The molecule has 1 aromatic carbocycles. The maximum atomic E-state index is 5.93. The summed E-state index contributed by atoms with van der Waals surface area (Å²) in [4.78, 5) is 4.37. The van der Waals surface area contributed by atoms with E-state index in [2.05, 4.69) is 39.9 Å². The highest BCUT2D eigenvalue weighted by atomic mass is 79.9. The number of benzene rings is 1. The lowest BCUT2D eigenvalue weighted by Crippen LogP contribution is -1.94. The molecule has 0 aliphatic heterocycles. The molecule has 0 saturated heterocycles. The molecule has 2 rings (SSSR count). The Morgan fingerprint density at radius 3 is 2.83 bits per heavy atom. The van der Waals surface area contributed by atoms with Gasteiger partial charge >= 0.3 is 0 Å². The van der Waals surface area contributed by atoms with Crippen molar-refractivity contribution >= 4 is 21.6 Å². The van der Waals surface area contributed by atoms with Crippen LogP contribution in [0.5, 0.6) is 0 Å². The Morgan fingerprint density at radius 1 is 1.39 bits per heavy atom. The molecule has 1 aromatic heterocycles. The van der Waals surface area contributed by atoms with E-state index in [-0.39, 0.29) is 0 Å². The number of hydrogen-bond donors (Lipinski definition) is 1. The zero-order chi connectivity index (χ0) is 13.1. The van der Waals surface area contributed by atoms with Gasteiger partial charge in [0.2, 0.25) is 0 Å². The van der Waals surface area contributed by atoms with Gasteiger partial charge in [-0.05, 0) is 30.5 Å². The lowest BCUT2D eigenvalue weighted by molar-refractivity contribution is 0.419. The van der Waals surface area contributed by atoms with Crippen LogP contribution < -0.4 is 5.73 Å². The van der Waals surface area contributed by atoms with Crippen molar-refractivity contribution in [1.82, 2.24) is 10.1 Å². The summed E-state index contributed by atoms with van der Waals surface area (Å²) >= 11 is 3.37. The van der Waals surface area contributed by atoms with Gasteiger partial charge in [0.05, 0.1) is 5.56 Å². The second kappa shape index (κ2) is 5.52. The van der Waals surface area contributed by atoms with Gasteiger partial charge in [-0.25, -0.2) is 0 Å². The van der Waals surface area contributed by atoms with Gasteiger partial charge in [0, 0.05) is 16.6 Å². The molecule has 1 heterocycles. The molecule has 5 heteroatoms. The van der Waals surface area contributed by atoms with E-state index in [1.165, 1.54) is 0 Å². The molecule has 0 spiro atoms. The summed E-state index contributed by atoms with van der Waals surface area (Å²) in [7, 11) is 0. The number of nitrogens with zero attached hydrogens (tertiary/aromatic N) is 2. The van der Waals surface area contributed by atoms with Crippen LogP contribution in [0.1, 0.15) is 26.1 Å². The van der Waals surface area contributed by atoms with Crippen molar-refractivity contribution in [2.45, 2.75) is 26.7 Å². The van der Waals surface area contributed by atoms with Crippen LogP contribution in [-0.2, 0) is 6.42 Å². The third kappa shape index (κ3) is 3.10. The molecule has 0 aliphatic rings. The Morgan fingerprint density at radius 2 is 2.17 bits per heavy atom. The van der Waals surface area contributed by atoms with E-state index < -0.39 is 0 Å². The number of nitrogens with two attached hydrogens (primary N) is 1.